The van der Waals surface area contributed by atoms with E-state index >= 15 is 0 Å². The van der Waals surface area contributed by atoms with E-state index in [0.29, 0.717) is 64.3 Å². The van der Waals surface area contributed by atoms with Gasteiger partial charge in [0.05, 0.1) is 17.2 Å². The number of aromatic nitrogens is 1. The lowest BCUT2D eigenvalue weighted by Crippen LogP contribution is -2.49. The molecule has 0 spiro atoms. The van der Waals surface area contributed by atoms with E-state index in [1.165, 1.54) is 0 Å². The van der Waals surface area contributed by atoms with Crippen molar-refractivity contribution >= 4 is 29.4 Å². The fraction of sp³-hybridized carbons (Fsp3) is 0.650. The predicted octanol–water partition coefficient (Wildman–Crippen LogP) is 3.71. The lowest BCUT2D eigenvalue weighted by Gasteiger charge is -2.35. The largest absolute Gasteiger partial charge is 0.450 e. The summed E-state index contributed by atoms with van der Waals surface area (Å²) < 4.78 is 43.4. The Morgan fingerprint density at radius 2 is 1.84 bits per heavy atom. The van der Waals surface area contributed by atoms with Crippen molar-refractivity contribution in [2.24, 2.45) is 5.92 Å². The standard InChI is InChI=1S/C20H26ClF3N4O3/c1-2-31-19(30)28-9-5-15(6-10-28)26-18(29)13-3-7-27(8-4-13)17-16(21)11-14(12-25-17)20(22,23)24/h11-13,15H,2-10H2,1H3,(H,26,29). The number of hydrogen-bond donors (Lipinski definition) is 1. The molecule has 7 nitrogen and oxygen atoms in total. The van der Waals surface area contributed by atoms with Gasteiger partial charge < -0.3 is 19.9 Å². The first-order chi connectivity index (χ1) is 14.7. The van der Waals surface area contributed by atoms with Crippen LogP contribution >= 0.6 is 11.6 Å². The smallest absolute Gasteiger partial charge is 0.417 e. The number of carbonyl (C=O) groups excluding carboxylic acids is 2. The first kappa shape index (κ1) is 23.4. The molecule has 11 heteroatoms. The van der Waals surface area contributed by atoms with E-state index in [0.717, 1.165) is 12.3 Å². The van der Waals surface area contributed by atoms with Gasteiger partial charge in [-0.25, -0.2) is 9.78 Å². The minimum Gasteiger partial charge on any atom is -0.450 e. The number of rotatable bonds is 4. The fourth-order valence-corrected chi connectivity index (χ4v) is 4.20. The van der Waals surface area contributed by atoms with Crippen molar-refractivity contribution in [3.63, 3.8) is 0 Å². The maximum atomic E-state index is 12.8. The molecule has 0 aliphatic carbocycles. The van der Waals surface area contributed by atoms with Crippen LogP contribution in [0.5, 0.6) is 0 Å². The maximum Gasteiger partial charge on any atom is 0.417 e. The number of halogens is 4. The third kappa shape index (κ3) is 5.93. The lowest BCUT2D eigenvalue weighted by atomic mass is 9.94. The highest BCUT2D eigenvalue weighted by molar-refractivity contribution is 6.33. The first-order valence-corrected chi connectivity index (χ1v) is 10.8. The quantitative estimate of drug-likeness (QED) is 0.738. The topological polar surface area (TPSA) is 74.8 Å². The molecule has 1 N–H and O–H groups in total. The molecule has 2 aliphatic rings. The molecule has 2 aliphatic heterocycles. The summed E-state index contributed by atoms with van der Waals surface area (Å²) in [6.45, 7) is 4.15. The molecule has 172 valence electrons. The minimum atomic E-state index is -4.49. The van der Waals surface area contributed by atoms with Gasteiger partial charge in [-0.3, -0.25) is 4.79 Å². The van der Waals surface area contributed by atoms with Crippen molar-refractivity contribution in [1.82, 2.24) is 15.2 Å². The number of amides is 2. The van der Waals surface area contributed by atoms with Crippen LogP contribution in [0.4, 0.5) is 23.8 Å². The zero-order valence-electron chi connectivity index (χ0n) is 17.3. The summed E-state index contributed by atoms with van der Waals surface area (Å²) >= 11 is 6.03. The predicted molar refractivity (Wildman–Crippen MR) is 109 cm³/mol. The number of nitrogens with zero attached hydrogens (tertiary/aromatic N) is 3. The molecule has 0 bridgehead atoms. The van der Waals surface area contributed by atoms with Gasteiger partial charge in [-0.2, -0.15) is 13.2 Å². The SMILES string of the molecule is CCOC(=O)N1CCC(NC(=O)C2CCN(c3ncc(C(F)(F)F)cc3Cl)CC2)CC1. The van der Waals surface area contributed by atoms with Crippen molar-refractivity contribution in [3.8, 4) is 0 Å². The molecule has 2 saturated heterocycles. The molecule has 0 aromatic carbocycles. The van der Waals surface area contributed by atoms with Gasteiger partial charge in [0.1, 0.15) is 5.82 Å². The molecular weight excluding hydrogens is 437 g/mol. The number of anilines is 1. The van der Waals surface area contributed by atoms with Crippen LogP contribution in [-0.2, 0) is 15.7 Å². The molecule has 1 aromatic heterocycles. The van der Waals surface area contributed by atoms with E-state index in [2.05, 4.69) is 10.3 Å². The highest BCUT2D eigenvalue weighted by atomic mass is 35.5. The number of hydrogen-bond acceptors (Lipinski definition) is 5. The Morgan fingerprint density at radius 1 is 1.19 bits per heavy atom. The molecule has 0 atom stereocenters. The average Bonchev–Trinajstić information content (AvgIpc) is 2.74. The van der Waals surface area contributed by atoms with E-state index in [1.807, 2.05) is 4.90 Å². The van der Waals surface area contributed by atoms with Gasteiger partial charge in [0.2, 0.25) is 5.91 Å². The third-order valence-electron chi connectivity index (χ3n) is 5.68. The molecule has 2 amide bonds. The second-order valence-corrected chi connectivity index (χ2v) is 8.16. The van der Waals surface area contributed by atoms with Crippen LogP contribution in [0.25, 0.3) is 0 Å². The average molecular weight is 463 g/mol. The normalized spacial score (nSPS) is 18.7. The molecule has 31 heavy (non-hydrogen) atoms. The van der Waals surface area contributed by atoms with Gasteiger partial charge in [-0.05, 0) is 38.7 Å². The summed E-state index contributed by atoms with van der Waals surface area (Å²) in [4.78, 5) is 31.8. The molecule has 3 heterocycles. The van der Waals surface area contributed by atoms with Crippen molar-refractivity contribution in [1.29, 1.82) is 0 Å². The summed E-state index contributed by atoms with van der Waals surface area (Å²) in [6.07, 6.45) is -1.56. The van der Waals surface area contributed by atoms with Crippen LogP contribution in [0.1, 0.15) is 38.2 Å². The van der Waals surface area contributed by atoms with Gasteiger partial charge in [0.15, 0.2) is 0 Å². The second kappa shape index (κ2) is 9.93. The zero-order valence-corrected chi connectivity index (χ0v) is 18.0. The highest BCUT2D eigenvalue weighted by Crippen LogP contribution is 2.34. The van der Waals surface area contributed by atoms with Crippen molar-refractivity contribution in [2.45, 2.75) is 44.8 Å². The number of nitrogens with one attached hydrogen (secondary N) is 1. The number of piperidine rings is 2. The summed E-state index contributed by atoms with van der Waals surface area (Å²) in [6, 6.07) is 0.896. The van der Waals surface area contributed by atoms with Crippen LogP contribution in [0.2, 0.25) is 5.02 Å². The lowest BCUT2D eigenvalue weighted by molar-refractivity contribution is -0.137. The van der Waals surface area contributed by atoms with Gasteiger partial charge >= 0.3 is 12.3 Å². The Kier molecular flexibility index (Phi) is 7.51. The second-order valence-electron chi connectivity index (χ2n) is 7.76. The van der Waals surface area contributed by atoms with Gasteiger partial charge in [-0.15, -0.1) is 0 Å². The molecule has 0 saturated carbocycles. The van der Waals surface area contributed by atoms with Gasteiger partial charge in [0.25, 0.3) is 0 Å². The van der Waals surface area contributed by atoms with E-state index in [1.54, 1.807) is 11.8 Å². The Hall–Kier alpha value is -2.23. The monoisotopic (exact) mass is 462 g/mol. The molecule has 2 fully saturated rings. The fourth-order valence-electron chi connectivity index (χ4n) is 3.91. The van der Waals surface area contributed by atoms with E-state index < -0.39 is 11.7 Å². The number of pyridine rings is 1. The molecule has 0 radical (unpaired) electrons. The summed E-state index contributed by atoms with van der Waals surface area (Å²) in [7, 11) is 0. The van der Waals surface area contributed by atoms with Gasteiger partial charge in [-0.1, -0.05) is 11.6 Å². The first-order valence-electron chi connectivity index (χ1n) is 10.4. The van der Waals surface area contributed by atoms with E-state index in [4.69, 9.17) is 16.3 Å². The van der Waals surface area contributed by atoms with Crippen LogP contribution in [0.15, 0.2) is 12.3 Å². The van der Waals surface area contributed by atoms with Gasteiger partial charge in [0, 0.05) is 44.3 Å². The summed E-state index contributed by atoms with van der Waals surface area (Å²) in [5.74, 6) is 0.105. The number of alkyl halides is 3. The van der Waals surface area contributed by atoms with E-state index in [-0.39, 0.29) is 29.0 Å². The highest BCUT2D eigenvalue weighted by Gasteiger charge is 2.33. The van der Waals surface area contributed by atoms with Crippen molar-refractivity contribution < 1.29 is 27.5 Å². The van der Waals surface area contributed by atoms with Crippen LogP contribution in [0, 0.1) is 5.92 Å². The Balaban J connectivity index is 1.47. The van der Waals surface area contributed by atoms with Crippen molar-refractivity contribution in [3.05, 3.63) is 22.8 Å². The molecule has 0 unspecified atom stereocenters. The number of likely N-dealkylation sites (tertiary alicyclic amines) is 1. The third-order valence-corrected chi connectivity index (χ3v) is 5.96. The molecule has 3 rings (SSSR count). The molecule has 1 aromatic rings. The number of carbonyl (C=O) groups is 2. The zero-order chi connectivity index (χ0) is 22.6. The maximum absolute atomic E-state index is 12.8. The Morgan fingerprint density at radius 3 is 2.39 bits per heavy atom. The van der Waals surface area contributed by atoms with Crippen molar-refractivity contribution in [2.75, 3.05) is 37.7 Å². The van der Waals surface area contributed by atoms with Crippen LogP contribution in [-0.4, -0.2) is 60.7 Å². The minimum absolute atomic E-state index is 0.0160. The van der Waals surface area contributed by atoms with Crippen LogP contribution in [0.3, 0.4) is 0 Å². The molecular formula is C20H26ClF3N4O3. The van der Waals surface area contributed by atoms with Crippen LogP contribution < -0.4 is 10.2 Å². The Labute approximate surface area is 183 Å². The summed E-state index contributed by atoms with van der Waals surface area (Å²) in [5.41, 5.74) is -0.885. The number of ether oxygens (including phenoxy) is 1. The van der Waals surface area contributed by atoms with E-state index in [9.17, 15) is 22.8 Å². The Bertz CT molecular complexity index is 792. The summed E-state index contributed by atoms with van der Waals surface area (Å²) in [5, 5.41) is 3.02.